The number of piperidine rings is 2. The Labute approximate surface area is 160 Å². The smallest absolute Gasteiger partial charge is 0.235 e. The summed E-state index contributed by atoms with van der Waals surface area (Å²) in [4.78, 5) is 15.1. The van der Waals surface area contributed by atoms with Crippen LogP contribution in [0.5, 0.6) is 0 Å². The monoisotopic (exact) mass is 365 g/mol. The molecule has 0 saturated carbocycles. The topological polar surface area (TPSA) is 70.2 Å². The zero-order chi connectivity index (χ0) is 18.5. The number of aromatic nitrogens is 2. The number of hydrogen-bond acceptors (Lipinski definition) is 5. The van der Waals surface area contributed by atoms with E-state index in [0.717, 1.165) is 44.7 Å². The second kappa shape index (κ2) is 8.59. The first-order valence-electron chi connectivity index (χ1n) is 9.96. The number of carbonyl (C=O) groups is 1. The third-order valence-electron chi connectivity index (χ3n) is 5.66. The Hall–Kier alpha value is -2.31. The SMILES string of the molecule is O=C(C1CCNCC1)N(c1ccc(C2CCNCC2)cc1)c1cccnn1. The molecule has 1 aromatic heterocycles. The van der Waals surface area contributed by atoms with Crippen LogP contribution in [0.3, 0.4) is 0 Å². The van der Waals surface area contributed by atoms with E-state index < -0.39 is 0 Å². The van der Waals surface area contributed by atoms with Crippen molar-refractivity contribution in [1.29, 1.82) is 0 Å². The molecule has 142 valence electrons. The van der Waals surface area contributed by atoms with E-state index in [1.54, 1.807) is 11.1 Å². The summed E-state index contributed by atoms with van der Waals surface area (Å²) in [6.45, 7) is 3.93. The second-order valence-corrected chi connectivity index (χ2v) is 7.40. The Balaban J connectivity index is 1.61. The molecule has 2 aliphatic rings. The van der Waals surface area contributed by atoms with Gasteiger partial charge in [-0.15, -0.1) is 5.10 Å². The van der Waals surface area contributed by atoms with Crippen molar-refractivity contribution in [1.82, 2.24) is 20.8 Å². The largest absolute Gasteiger partial charge is 0.317 e. The fourth-order valence-electron chi connectivity index (χ4n) is 4.09. The fraction of sp³-hybridized carbons (Fsp3) is 0.476. The van der Waals surface area contributed by atoms with E-state index in [9.17, 15) is 4.79 Å². The summed E-state index contributed by atoms with van der Waals surface area (Å²) in [6, 6.07) is 12.1. The van der Waals surface area contributed by atoms with Crippen LogP contribution < -0.4 is 15.5 Å². The Bertz CT molecular complexity index is 737. The number of anilines is 2. The van der Waals surface area contributed by atoms with Gasteiger partial charge in [-0.3, -0.25) is 9.69 Å². The molecule has 6 heteroatoms. The molecule has 3 heterocycles. The molecule has 2 fully saturated rings. The van der Waals surface area contributed by atoms with E-state index in [2.05, 4.69) is 45.1 Å². The highest BCUT2D eigenvalue weighted by molar-refractivity contribution is 6.01. The number of amides is 1. The zero-order valence-electron chi connectivity index (χ0n) is 15.6. The van der Waals surface area contributed by atoms with Gasteiger partial charge in [-0.2, -0.15) is 5.10 Å². The molecule has 2 N–H and O–H groups in total. The lowest BCUT2D eigenvalue weighted by Crippen LogP contribution is -2.39. The Morgan fingerprint density at radius 1 is 0.926 bits per heavy atom. The number of rotatable bonds is 4. The highest BCUT2D eigenvalue weighted by Gasteiger charge is 2.29. The van der Waals surface area contributed by atoms with Crippen molar-refractivity contribution in [3.8, 4) is 0 Å². The molecule has 0 radical (unpaired) electrons. The number of hydrogen-bond donors (Lipinski definition) is 2. The van der Waals surface area contributed by atoms with E-state index in [-0.39, 0.29) is 11.8 Å². The first-order chi connectivity index (χ1) is 13.3. The summed E-state index contributed by atoms with van der Waals surface area (Å²) in [5.41, 5.74) is 2.23. The molecule has 2 aliphatic heterocycles. The fourth-order valence-corrected chi connectivity index (χ4v) is 4.09. The standard InChI is InChI=1S/C21H27N5O/c27-21(18-9-14-23-15-10-18)26(20-2-1-11-24-25-20)19-5-3-16(4-6-19)17-7-12-22-13-8-17/h1-6,11,17-18,22-23H,7-10,12-15H2. The van der Waals surface area contributed by atoms with Gasteiger partial charge in [0, 0.05) is 12.1 Å². The van der Waals surface area contributed by atoms with Gasteiger partial charge in [0.15, 0.2) is 5.82 Å². The molecule has 4 rings (SSSR count). The molecule has 0 bridgehead atoms. The zero-order valence-corrected chi connectivity index (χ0v) is 15.6. The van der Waals surface area contributed by atoms with E-state index in [1.807, 2.05) is 12.1 Å². The van der Waals surface area contributed by atoms with Crippen molar-refractivity contribution in [2.45, 2.75) is 31.6 Å². The van der Waals surface area contributed by atoms with Crippen LogP contribution in [-0.4, -0.2) is 42.3 Å². The molecule has 1 aromatic carbocycles. The minimum Gasteiger partial charge on any atom is -0.317 e. The van der Waals surface area contributed by atoms with Crippen LogP contribution in [0, 0.1) is 5.92 Å². The maximum Gasteiger partial charge on any atom is 0.235 e. The Morgan fingerprint density at radius 3 is 2.22 bits per heavy atom. The summed E-state index contributed by atoms with van der Waals surface area (Å²) in [7, 11) is 0. The van der Waals surface area contributed by atoms with Gasteiger partial charge in [0.05, 0.1) is 5.69 Å². The van der Waals surface area contributed by atoms with Crippen molar-refractivity contribution in [3.05, 3.63) is 48.2 Å². The number of carbonyl (C=O) groups excluding carboxylic acids is 1. The lowest BCUT2D eigenvalue weighted by molar-refractivity contribution is -0.122. The minimum atomic E-state index is 0.0253. The van der Waals surface area contributed by atoms with Crippen LogP contribution in [0.1, 0.15) is 37.2 Å². The first-order valence-corrected chi connectivity index (χ1v) is 9.96. The molecule has 1 amide bonds. The van der Waals surface area contributed by atoms with Gasteiger partial charge in [0.1, 0.15) is 0 Å². The maximum atomic E-state index is 13.3. The van der Waals surface area contributed by atoms with Crippen LogP contribution in [-0.2, 0) is 4.79 Å². The summed E-state index contributed by atoms with van der Waals surface area (Å²) >= 11 is 0. The van der Waals surface area contributed by atoms with Crippen molar-refractivity contribution in [3.63, 3.8) is 0 Å². The van der Waals surface area contributed by atoms with Gasteiger partial charge >= 0.3 is 0 Å². The maximum absolute atomic E-state index is 13.3. The van der Waals surface area contributed by atoms with Crippen molar-refractivity contribution in [2.24, 2.45) is 5.92 Å². The third kappa shape index (κ3) is 4.17. The summed E-state index contributed by atoms with van der Waals surface area (Å²) < 4.78 is 0. The Kier molecular flexibility index (Phi) is 5.75. The first kappa shape index (κ1) is 18.1. The van der Waals surface area contributed by atoms with Gasteiger partial charge in [0.25, 0.3) is 0 Å². The van der Waals surface area contributed by atoms with Crippen LogP contribution in [0.15, 0.2) is 42.6 Å². The van der Waals surface area contributed by atoms with Gasteiger partial charge in [-0.1, -0.05) is 12.1 Å². The molecular formula is C21H27N5O. The quantitative estimate of drug-likeness (QED) is 0.872. The summed E-state index contributed by atoms with van der Waals surface area (Å²) in [5, 5.41) is 14.9. The van der Waals surface area contributed by atoms with Crippen molar-refractivity contribution in [2.75, 3.05) is 31.1 Å². The molecule has 2 saturated heterocycles. The number of benzene rings is 1. The van der Waals surface area contributed by atoms with E-state index in [0.29, 0.717) is 11.7 Å². The van der Waals surface area contributed by atoms with Crippen molar-refractivity contribution < 1.29 is 4.79 Å². The van der Waals surface area contributed by atoms with Crippen LogP contribution in [0.25, 0.3) is 0 Å². The predicted molar refractivity (Wildman–Crippen MR) is 106 cm³/mol. The molecule has 2 aromatic rings. The highest BCUT2D eigenvalue weighted by Crippen LogP contribution is 2.31. The second-order valence-electron chi connectivity index (χ2n) is 7.40. The molecule has 0 atom stereocenters. The third-order valence-corrected chi connectivity index (χ3v) is 5.66. The van der Waals surface area contributed by atoms with E-state index >= 15 is 0 Å². The molecular weight excluding hydrogens is 338 g/mol. The lowest BCUT2D eigenvalue weighted by atomic mass is 9.90. The van der Waals surface area contributed by atoms with E-state index in [4.69, 9.17) is 0 Å². The van der Waals surface area contributed by atoms with Crippen molar-refractivity contribution >= 4 is 17.4 Å². The van der Waals surface area contributed by atoms with Gasteiger partial charge in [-0.25, -0.2) is 0 Å². The van der Waals surface area contributed by atoms with Crippen LogP contribution >= 0.6 is 0 Å². The number of nitrogens with one attached hydrogen (secondary N) is 2. The van der Waals surface area contributed by atoms with Gasteiger partial charge in [0.2, 0.25) is 5.91 Å². The van der Waals surface area contributed by atoms with Gasteiger partial charge in [-0.05, 0) is 87.6 Å². The highest BCUT2D eigenvalue weighted by atomic mass is 16.2. The van der Waals surface area contributed by atoms with Gasteiger partial charge < -0.3 is 10.6 Å². The molecule has 6 nitrogen and oxygen atoms in total. The number of nitrogens with zero attached hydrogens (tertiary/aromatic N) is 3. The average Bonchev–Trinajstić information content (AvgIpc) is 2.76. The summed E-state index contributed by atoms with van der Waals surface area (Å²) in [6.07, 6.45) is 5.70. The Morgan fingerprint density at radius 2 is 1.59 bits per heavy atom. The molecule has 27 heavy (non-hydrogen) atoms. The lowest BCUT2D eigenvalue weighted by Gasteiger charge is -2.29. The molecule has 0 spiro atoms. The normalized spacial score (nSPS) is 19.0. The van der Waals surface area contributed by atoms with Crippen LogP contribution in [0.2, 0.25) is 0 Å². The van der Waals surface area contributed by atoms with E-state index in [1.165, 1.54) is 18.4 Å². The predicted octanol–water partition coefficient (Wildman–Crippen LogP) is 2.61. The minimum absolute atomic E-state index is 0.0253. The van der Waals surface area contributed by atoms with Crippen LogP contribution in [0.4, 0.5) is 11.5 Å². The molecule has 0 unspecified atom stereocenters. The molecule has 0 aliphatic carbocycles. The summed E-state index contributed by atoms with van der Waals surface area (Å²) in [5.74, 6) is 1.34. The average molecular weight is 365 g/mol.